The molecule has 4 rings (SSSR count). The third-order valence-electron chi connectivity index (χ3n) is 4.59. The summed E-state index contributed by atoms with van der Waals surface area (Å²) in [4.78, 5) is 31.4. The highest BCUT2D eigenvalue weighted by Crippen LogP contribution is 2.30. The summed E-state index contributed by atoms with van der Waals surface area (Å²) in [6.07, 6.45) is 1.91. The van der Waals surface area contributed by atoms with Crippen LogP contribution in [0.15, 0.2) is 36.7 Å². The predicted octanol–water partition coefficient (Wildman–Crippen LogP) is -0.128. The number of nitrogens with zero attached hydrogens (tertiary/aromatic N) is 7. The second-order valence-corrected chi connectivity index (χ2v) is 6.62. The van der Waals surface area contributed by atoms with Crippen LogP contribution in [0.5, 0.6) is 0 Å². The summed E-state index contributed by atoms with van der Waals surface area (Å²) in [7, 11) is 0. The number of aromatic nitrogens is 7. The van der Waals surface area contributed by atoms with Gasteiger partial charge in [0.05, 0.1) is 6.04 Å². The van der Waals surface area contributed by atoms with Crippen LogP contribution in [0.3, 0.4) is 0 Å². The Kier molecular flexibility index (Phi) is 4.79. The van der Waals surface area contributed by atoms with E-state index in [1.54, 1.807) is 24.0 Å². The summed E-state index contributed by atoms with van der Waals surface area (Å²) >= 11 is 0. The van der Waals surface area contributed by atoms with E-state index in [2.05, 4.69) is 36.0 Å². The molecule has 1 aromatic carbocycles. The topological polar surface area (TPSA) is 135 Å². The molecule has 2 N–H and O–H groups in total. The lowest BCUT2D eigenvalue weighted by Gasteiger charge is -2.22. The lowest BCUT2D eigenvalue weighted by Crippen LogP contribution is -2.39. The van der Waals surface area contributed by atoms with Crippen LogP contribution >= 0.6 is 0 Å². The lowest BCUT2D eigenvalue weighted by atomic mass is 10.1. The molecule has 0 bridgehead atoms. The van der Waals surface area contributed by atoms with E-state index in [-0.39, 0.29) is 30.4 Å². The molecule has 1 aliphatic rings. The number of H-pyrrole nitrogens is 1. The third kappa shape index (κ3) is 3.72. The Morgan fingerprint density at radius 1 is 1.29 bits per heavy atom. The molecule has 11 nitrogen and oxygen atoms in total. The Morgan fingerprint density at radius 3 is 2.79 bits per heavy atom. The zero-order valence-corrected chi connectivity index (χ0v) is 15.2. The van der Waals surface area contributed by atoms with Crippen molar-refractivity contribution in [2.75, 3.05) is 6.54 Å². The van der Waals surface area contributed by atoms with Crippen molar-refractivity contribution in [2.24, 2.45) is 0 Å². The number of amides is 2. The first-order chi connectivity index (χ1) is 13.6. The van der Waals surface area contributed by atoms with Crippen LogP contribution in [0.2, 0.25) is 0 Å². The average Bonchev–Trinajstić information content (AvgIpc) is 3.43. The molecule has 1 fully saturated rings. The van der Waals surface area contributed by atoms with E-state index >= 15 is 0 Å². The average molecular weight is 381 g/mol. The largest absolute Gasteiger partial charge is 0.347 e. The quantitative estimate of drug-likeness (QED) is 0.629. The first-order valence-electron chi connectivity index (χ1n) is 8.85. The minimum Gasteiger partial charge on any atom is -0.347 e. The highest BCUT2D eigenvalue weighted by Gasteiger charge is 2.39. The molecule has 1 saturated heterocycles. The molecule has 2 atom stereocenters. The highest BCUT2D eigenvalue weighted by molar-refractivity contribution is 5.94. The van der Waals surface area contributed by atoms with Gasteiger partial charge in [0.2, 0.25) is 5.91 Å². The van der Waals surface area contributed by atoms with Crippen molar-refractivity contribution in [3.8, 4) is 0 Å². The van der Waals surface area contributed by atoms with Gasteiger partial charge in [-0.05, 0) is 35.9 Å². The first kappa shape index (κ1) is 17.8. The van der Waals surface area contributed by atoms with Gasteiger partial charge in [-0.15, -0.1) is 5.10 Å². The molecule has 0 saturated carbocycles. The van der Waals surface area contributed by atoms with Gasteiger partial charge in [-0.1, -0.05) is 18.2 Å². The zero-order valence-electron chi connectivity index (χ0n) is 15.2. The molecule has 3 aromatic rings. The number of carbonyl (C=O) groups is 2. The monoisotopic (exact) mass is 381 g/mol. The number of benzene rings is 1. The molecule has 0 aliphatic carbocycles. The van der Waals surface area contributed by atoms with Crippen molar-refractivity contribution < 1.29 is 9.59 Å². The summed E-state index contributed by atoms with van der Waals surface area (Å²) < 4.78 is 1.36. The van der Waals surface area contributed by atoms with Crippen LogP contribution in [0.25, 0.3) is 0 Å². The van der Waals surface area contributed by atoms with E-state index in [0.29, 0.717) is 30.2 Å². The van der Waals surface area contributed by atoms with Gasteiger partial charge in [0, 0.05) is 18.2 Å². The van der Waals surface area contributed by atoms with E-state index < -0.39 is 0 Å². The maximum absolute atomic E-state index is 12.8. The zero-order chi connectivity index (χ0) is 19.5. The molecule has 3 heterocycles. The fraction of sp³-hybridized carbons (Fsp3) is 0.353. The summed E-state index contributed by atoms with van der Waals surface area (Å²) in [5.41, 5.74) is 0.575. The molecule has 0 radical (unpaired) electrons. The molecule has 28 heavy (non-hydrogen) atoms. The number of aromatic amines is 1. The van der Waals surface area contributed by atoms with E-state index in [0.717, 1.165) is 0 Å². The van der Waals surface area contributed by atoms with Crippen molar-refractivity contribution in [1.82, 2.24) is 45.6 Å². The van der Waals surface area contributed by atoms with Gasteiger partial charge in [0.15, 0.2) is 5.82 Å². The molecule has 1 aliphatic heterocycles. The number of hydrogen-bond acceptors (Lipinski definition) is 7. The fourth-order valence-electron chi connectivity index (χ4n) is 3.31. The minimum atomic E-state index is -0.338. The van der Waals surface area contributed by atoms with Crippen LogP contribution in [-0.2, 0) is 11.3 Å². The summed E-state index contributed by atoms with van der Waals surface area (Å²) in [5, 5.41) is 20.8. The van der Waals surface area contributed by atoms with Gasteiger partial charge < -0.3 is 10.2 Å². The standard InChI is InChI=1S/C17H19N9O2/c1-11-19-16(22-21-11)14-7-13(20-17(28)12-5-3-2-4-6-12)8-26(14)15(27)9-25-10-18-23-24-25/h2-6,10,13-14H,7-9H2,1H3,(H,20,28)(H,19,21,22)/t13-,14-/m0/s1. The van der Waals surface area contributed by atoms with E-state index in [4.69, 9.17) is 0 Å². The highest BCUT2D eigenvalue weighted by atomic mass is 16.2. The smallest absolute Gasteiger partial charge is 0.251 e. The van der Waals surface area contributed by atoms with E-state index in [1.165, 1.54) is 11.0 Å². The number of hydrogen-bond donors (Lipinski definition) is 2. The molecular weight excluding hydrogens is 362 g/mol. The van der Waals surface area contributed by atoms with Crippen molar-refractivity contribution in [3.63, 3.8) is 0 Å². The Bertz CT molecular complexity index is 954. The number of tetrazole rings is 1. The van der Waals surface area contributed by atoms with Gasteiger partial charge in [-0.2, -0.15) is 5.10 Å². The van der Waals surface area contributed by atoms with Crippen molar-refractivity contribution in [1.29, 1.82) is 0 Å². The molecule has 11 heteroatoms. The number of likely N-dealkylation sites (tertiary alicyclic amines) is 1. The Balaban J connectivity index is 1.51. The number of aryl methyl sites for hydroxylation is 1. The Labute approximate surface area is 160 Å². The van der Waals surface area contributed by atoms with Crippen molar-refractivity contribution >= 4 is 11.8 Å². The van der Waals surface area contributed by atoms with Gasteiger partial charge >= 0.3 is 0 Å². The van der Waals surface area contributed by atoms with Crippen LogP contribution < -0.4 is 5.32 Å². The third-order valence-corrected chi connectivity index (χ3v) is 4.59. The number of carbonyl (C=O) groups excluding carboxylic acids is 2. The SMILES string of the molecule is Cc1nc([C@@H]2C[C@H](NC(=O)c3ccccc3)CN2C(=O)Cn2cnnn2)n[nH]1. The maximum Gasteiger partial charge on any atom is 0.251 e. The summed E-state index contributed by atoms with van der Waals surface area (Å²) in [6, 6.07) is 8.43. The van der Waals surface area contributed by atoms with E-state index in [1.807, 2.05) is 18.2 Å². The lowest BCUT2D eigenvalue weighted by molar-refractivity contribution is -0.133. The van der Waals surface area contributed by atoms with Crippen LogP contribution in [0.1, 0.15) is 34.5 Å². The van der Waals surface area contributed by atoms with Gasteiger partial charge in [0.1, 0.15) is 18.7 Å². The van der Waals surface area contributed by atoms with Crippen molar-refractivity contribution in [2.45, 2.75) is 32.0 Å². The molecule has 2 amide bonds. The molecule has 0 unspecified atom stereocenters. The molecule has 2 aromatic heterocycles. The second kappa shape index (κ2) is 7.55. The Hall–Kier alpha value is -3.63. The maximum atomic E-state index is 12.8. The Morgan fingerprint density at radius 2 is 2.11 bits per heavy atom. The van der Waals surface area contributed by atoms with Gasteiger partial charge in [-0.3, -0.25) is 14.7 Å². The van der Waals surface area contributed by atoms with Crippen LogP contribution in [0, 0.1) is 6.92 Å². The normalized spacial score (nSPS) is 19.0. The number of nitrogens with one attached hydrogen (secondary N) is 2. The molecule has 0 spiro atoms. The minimum absolute atomic E-state index is 0.00621. The predicted molar refractivity (Wildman–Crippen MR) is 95.7 cm³/mol. The van der Waals surface area contributed by atoms with Crippen LogP contribution in [0.4, 0.5) is 0 Å². The van der Waals surface area contributed by atoms with Crippen molar-refractivity contribution in [3.05, 3.63) is 53.9 Å². The summed E-state index contributed by atoms with van der Waals surface area (Å²) in [6.45, 7) is 2.16. The van der Waals surface area contributed by atoms with Crippen LogP contribution in [-0.4, -0.2) is 64.7 Å². The van der Waals surface area contributed by atoms with Gasteiger partial charge in [0.25, 0.3) is 5.91 Å². The van der Waals surface area contributed by atoms with Gasteiger partial charge in [-0.25, -0.2) is 9.67 Å². The second-order valence-electron chi connectivity index (χ2n) is 6.62. The summed E-state index contributed by atoms with van der Waals surface area (Å²) in [5.74, 6) is 0.847. The number of rotatable bonds is 5. The first-order valence-corrected chi connectivity index (χ1v) is 8.85. The molecule has 144 valence electrons. The fourth-order valence-corrected chi connectivity index (χ4v) is 3.31. The van der Waals surface area contributed by atoms with E-state index in [9.17, 15) is 9.59 Å². The molecular formula is C17H19N9O2.